The summed E-state index contributed by atoms with van der Waals surface area (Å²) in [4.78, 5) is 26.5. The van der Waals surface area contributed by atoms with Crippen LogP contribution in [0.3, 0.4) is 0 Å². The molecule has 2 aliphatic rings. The van der Waals surface area contributed by atoms with E-state index in [1.54, 1.807) is 23.1 Å². The molecule has 2 N–H and O–H groups in total. The van der Waals surface area contributed by atoms with Gasteiger partial charge in [-0.3, -0.25) is 9.59 Å². The predicted molar refractivity (Wildman–Crippen MR) is 131 cm³/mol. The van der Waals surface area contributed by atoms with Crippen molar-refractivity contribution in [1.29, 1.82) is 0 Å². The van der Waals surface area contributed by atoms with Gasteiger partial charge in [-0.1, -0.05) is 26.0 Å². The van der Waals surface area contributed by atoms with E-state index in [9.17, 15) is 18.0 Å². The van der Waals surface area contributed by atoms with Crippen LogP contribution in [0.2, 0.25) is 0 Å². The van der Waals surface area contributed by atoms with Gasteiger partial charge in [-0.25, -0.2) is 8.42 Å². The molecule has 9 nitrogen and oxygen atoms in total. The van der Waals surface area contributed by atoms with Crippen molar-refractivity contribution in [3.05, 3.63) is 48.0 Å². The number of ether oxygens (including phenoxy) is 2. The molecule has 0 bridgehead atoms. The Kier molecular flexibility index (Phi) is 7.32. The highest BCUT2D eigenvalue weighted by Gasteiger charge is 2.30. The average Bonchev–Trinajstić information content (AvgIpc) is 3.25. The second-order valence-corrected chi connectivity index (χ2v) is 11.0. The number of para-hydroxylation sites is 2. The topological polar surface area (TPSA) is 114 Å². The van der Waals surface area contributed by atoms with Crippen LogP contribution < -0.4 is 24.4 Å². The van der Waals surface area contributed by atoms with Crippen LogP contribution in [-0.4, -0.2) is 52.1 Å². The molecule has 10 heteroatoms. The van der Waals surface area contributed by atoms with E-state index in [4.69, 9.17) is 9.47 Å². The molecule has 35 heavy (non-hydrogen) atoms. The lowest BCUT2D eigenvalue weighted by Gasteiger charge is -2.27. The molecule has 2 heterocycles. The van der Waals surface area contributed by atoms with E-state index >= 15 is 0 Å². The van der Waals surface area contributed by atoms with Gasteiger partial charge in [-0.05, 0) is 54.7 Å². The molecule has 2 atom stereocenters. The minimum atomic E-state index is -3.96. The summed E-state index contributed by atoms with van der Waals surface area (Å²) < 4.78 is 40.5. The summed E-state index contributed by atoms with van der Waals surface area (Å²) in [5.41, 5.74) is 1.52. The number of carbonyl (C=O) groups excluding carboxylic acids is 2. The quantitative estimate of drug-likeness (QED) is 0.574. The van der Waals surface area contributed by atoms with Crippen LogP contribution in [0.4, 0.5) is 5.69 Å². The highest BCUT2D eigenvalue weighted by atomic mass is 32.2. The number of rotatable bonds is 8. The van der Waals surface area contributed by atoms with Crippen molar-refractivity contribution in [2.75, 3.05) is 24.6 Å². The van der Waals surface area contributed by atoms with E-state index in [0.717, 1.165) is 11.3 Å². The van der Waals surface area contributed by atoms with Gasteiger partial charge in [0.15, 0.2) is 11.5 Å². The summed E-state index contributed by atoms with van der Waals surface area (Å²) in [5.74, 6) is 0.841. The number of nitrogens with zero attached hydrogens (tertiary/aromatic N) is 1. The number of benzene rings is 2. The van der Waals surface area contributed by atoms with Crippen LogP contribution >= 0.6 is 0 Å². The molecule has 4 rings (SSSR count). The number of anilines is 1. The fraction of sp³-hybridized carbons (Fsp3) is 0.440. The highest BCUT2D eigenvalue weighted by Crippen LogP contribution is 2.31. The molecule has 0 spiro atoms. The highest BCUT2D eigenvalue weighted by molar-refractivity contribution is 7.89. The average molecular weight is 502 g/mol. The van der Waals surface area contributed by atoms with Crippen molar-refractivity contribution in [1.82, 2.24) is 10.0 Å². The maximum atomic E-state index is 13.2. The van der Waals surface area contributed by atoms with E-state index < -0.39 is 22.0 Å². The van der Waals surface area contributed by atoms with Crippen molar-refractivity contribution < 1.29 is 27.5 Å². The first kappa shape index (κ1) is 25.0. The van der Waals surface area contributed by atoms with Crippen LogP contribution in [-0.2, 0) is 26.0 Å². The van der Waals surface area contributed by atoms with Gasteiger partial charge in [-0.15, -0.1) is 0 Å². The van der Waals surface area contributed by atoms with Gasteiger partial charge in [0.1, 0.15) is 18.8 Å². The molecule has 2 aromatic rings. The third-order valence-electron chi connectivity index (χ3n) is 6.03. The maximum Gasteiger partial charge on any atom is 0.241 e. The molecule has 0 aromatic heterocycles. The van der Waals surface area contributed by atoms with Crippen LogP contribution in [0.5, 0.6) is 11.5 Å². The van der Waals surface area contributed by atoms with Crippen LogP contribution in [0.1, 0.15) is 32.8 Å². The van der Waals surface area contributed by atoms with Crippen molar-refractivity contribution in [3.8, 4) is 11.5 Å². The van der Waals surface area contributed by atoms with E-state index in [1.807, 2.05) is 32.0 Å². The Morgan fingerprint density at radius 3 is 2.60 bits per heavy atom. The standard InChI is InChI=1S/C25H31N3O6S/c1-16(2)12-21(25(30)26-14-19-15-33-23-6-4-5-7-24(23)34-19)27-35(31,32)20-8-9-22-18(13-20)10-11-28(22)17(3)29/h4-9,13,16,19,21,27H,10-12,14-15H2,1-3H3,(H,26,30). The van der Waals surface area contributed by atoms with Crippen molar-refractivity contribution in [2.24, 2.45) is 5.92 Å². The fourth-order valence-electron chi connectivity index (χ4n) is 4.31. The summed E-state index contributed by atoms with van der Waals surface area (Å²) in [6.45, 7) is 6.33. The zero-order chi connectivity index (χ0) is 25.2. The summed E-state index contributed by atoms with van der Waals surface area (Å²) in [6, 6.07) is 11.1. The number of hydrogen-bond donors (Lipinski definition) is 2. The Morgan fingerprint density at radius 2 is 1.89 bits per heavy atom. The van der Waals surface area contributed by atoms with E-state index in [-0.39, 0.29) is 36.0 Å². The first-order valence-electron chi connectivity index (χ1n) is 11.7. The third kappa shape index (κ3) is 5.76. The lowest BCUT2D eigenvalue weighted by Crippen LogP contribution is -2.50. The maximum absolute atomic E-state index is 13.2. The normalized spacial score (nSPS) is 17.7. The SMILES string of the molecule is CC(=O)N1CCc2cc(S(=O)(=O)NC(CC(C)C)C(=O)NCC3COc4ccccc4O3)ccc21. The van der Waals surface area contributed by atoms with Gasteiger partial charge in [0.25, 0.3) is 0 Å². The molecule has 2 amide bonds. The van der Waals surface area contributed by atoms with Gasteiger partial charge < -0.3 is 19.7 Å². The molecule has 188 valence electrons. The second-order valence-electron chi connectivity index (χ2n) is 9.26. The molecular formula is C25H31N3O6S. The van der Waals surface area contributed by atoms with Crippen molar-refractivity contribution >= 4 is 27.5 Å². The van der Waals surface area contributed by atoms with E-state index in [1.165, 1.54) is 13.0 Å². The minimum Gasteiger partial charge on any atom is -0.486 e. The molecular weight excluding hydrogens is 470 g/mol. The summed E-state index contributed by atoms with van der Waals surface area (Å²) in [6.07, 6.45) is 0.533. The molecule has 2 unspecified atom stereocenters. The zero-order valence-electron chi connectivity index (χ0n) is 20.1. The van der Waals surface area contributed by atoms with Gasteiger partial charge in [0.05, 0.1) is 11.4 Å². The lowest BCUT2D eigenvalue weighted by molar-refractivity contribution is -0.123. The Hall–Kier alpha value is -3.11. The van der Waals surface area contributed by atoms with Gasteiger partial charge in [-0.2, -0.15) is 4.72 Å². The number of carbonyl (C=O) groups is 2. The minimum absolute atomic E-state index is 0.0730. The van der Waals surface area contributed by atoms with Crippen LogP contribution in [0.15, 0.2) is 47.4 Å². The zero-order valence-corrected chi connectivity index (χ0v) is 20.9. The molecule has 2 aromatic carbocycles. The van der Waals surface area contributed by atoms with Gasteiger partial charge >= 0.3 is 0 Å². The smallest absolute Gasteiger partial charge is 0.241 e. The monoisotopic (exact) mass is 501 g/mol. The van der Waals surface area contributed by atoms with Crippen molar-refractivity contribution in [3.63, 3.8) is 0 Å². The molecule has 0 saturated heterocycles. The molecule has 2 aliphatic heterocycles. The Balaban J connectivity index is 1.43. The largest absolute Gasteiger partial charge is 0.486 e. The fourth-order valence-corrected chi connectivity index (χ4v) is 5.57. The summed E-state index contributed by atoms with van der Waals surface area (Å²) in [5, 5.41) is 2.81. The Morgan fingerprint density at radius 1 is 1.14 bits per heavy atom. The molecule has 0 fully saturated rings. The summed E-state index contributed by atoms with van der Waals surface area (Å²) in [7, 11) is -3.96. The third-order valence-corrected chi connectivity index (χ3v) is 7.50. The number of hydrogen-bond acceptors (Lipinski definition) is 6. The number of sulfonamides is 1. The Bertz CT molecular complexity index is 1210. The van der Waals surface area contributed by atoms with Gasteiger partial charge in [0.2, 0.25) is 21.8 Å². The van der Waals surface area contributed by atoms with Crippen molar-refractivity contribution in [2.45, 2.75) is 50.7 Å². The number of nitrogens with one attached hydrogen (secondary N) is 2. The number of amides is 2. The predicted octanol–water partition coefficient (Wildman–Crippen LogP) is 2.24. The van der Waals surface area contributed by atoms with E-state index in [0.29, 0.717) is 30.9 Å². The molecule has 0 aliphatic carbocycles. The Labute approximate surface area is 205 Å². The first-order chi connectivity index (χ1) is 16.6. The number of fused-ring (bicyclic) bond motifs is 2. The molecule has 0 radical (unpaired) electrons. The van der Waals surface area contributed by atoms with Gasteiger partial charge in [0, 0.05) is 19.2 Å². The second kappa shape index (κ2) is 10.2. The van der Waals surface area contributed by atoms with Crippen LogP contribution in [0, 0.1) is 5.92 Å². The molecule has 0 saturated carbocycles. The van der Waals surface area contributed by atoms with Crippen LogP contribution in [0.25, 0.3) is 0 Å². The lowest BCUT2D eigenvalue weighted by atomic mass is 10.0. The van der Waals surface area contributed by atoms with E-state index in [2.05, 4.69) is 10.0 Å². The first-order valence-corrected chi connectivity index (χ1v) is 13.2. The summed E-state index contributed by atoms with van der Waals surface area (Å²) >= 11 is 0.